The first-order chi connectivity index (χ1) is 10.5. The van der Waals surface area contributed by atoms with Crippen molar-refractivity contribution in [1.29, 1.82) is 0 Å². The lowest BCUT2D eigenvalue weighted by molar-refractivity contribution is 0.0823. The third kappa shape index (κ3) is 2.69. The van der Waals surface area contributed by atoms with Gasteiger partial charge in [0.2, 0.25) is 0 Å². The lowest BCUT2D eigenvalue weighted by atomic mass is 9.96. The largest absolute Gasteiger partial charge is 0.463 e. The molecule has 1 fully saturated rings. The van der Waals surface area contributed by atoms with E-state index < -0.39 is 17.0 Å². The number of aliphatic hydroxyl groups excluding tert-OH is 1. The lowest BCUT2D eigenvalue weighted by Gasteiger charge is -2.28. The summed E-state index contributed by atoms with van der Waals surface area (Å²) in [6.07, 6.45) is 3.47. The summed E-state index contributed by atoms with van der Waals surface area (Å²) in [5.74, 6) is 0.320. The summed E-state index contributed by atoms with van der Waals surface area (Å²) in [5, 5.41) is 12.3. The van der Waals surface area contributed by atoms with Gasteiger partial charge in [0.25, 0.3) is 11.5 Å². The summed E-state index contributed by atoms with van der Waals surface area (Å²) in [6.45, 7) is 1.65. The summed E-state index contributed by atoms with van der Waals surface area (Å²) in [5.41, 5.74) is -0.625. The first-order valence-corrected chi connectivity index (χ1v) is 7.24. The van der Waals surface area contributed by atoms with E-state index >= 15 is 0 Å². The van der Waals surface area contributed by atoms with Crippen LogP contribution in [0.1, 0.15) is 30.1 Å². The van der Waals surface area contributed by atoms with E-state index in [1.165, 1.54) is 12.3 Å². The minimum atomic E-state index is -0.677. The first kappa shape index (κ1) is 14.6. The minimum absolute atomic E-state index is 0.0237. The maximum atomic E-state index is 12.3. The van der Waals surface area contributed by atoms with Gasteiger partial charge in [-0.2, -0.15) is 0 Å². The van der Waals surface area contributed by atoms with Crippen LogP contribution in [0.2, 0.25) is 0 Å². The van der Waals surface area contributed by atoms with Crippen LogP contribution in [0.4, 0.5) is 0 Å². The van der Waals surface area contributed by atoms with Crippen molar-refractivity contribution in [3.63, 3.8) is 0 Å². The predicted molar refractivity (Wildman–Crippen MR) is 80.4 cm³/mol. The van der Waals surface area contributed by atoms with Gasteiger partial charge in [-0.1, -0.05) is 0 Å². The number of aliphatic hydroxyl groups is 1. The average Bonchev–Trinajstić information content (AvgIpc) is 3.23. The van der Waals surface area contributed by atoms with Crippen molar-refractivity contribution in [2.75, 3.05) is 6.61 Å². The van der Waals surface area contributed by atoms with Crippen LogP contribution < -0.4 is 10.9 Å². The van der Waals surface area contributed by atoms with Gasteiger partial charge < -0.3 is 19.8 Å². The van der Waals surface area contributed by atoms with Crippen LogP contribution in [-0.4, -0.2) is 28.1 Å². The SMILES string of the molecule is CC(CO)(NC(=O)c1ccc(-c2ccco2)[nH]c1=O)C1CC1. The molecule has 0 aromatic carbocycles. The molecule has 116 valence electrons. The van der Waals surface area contributed by atoms with Gasteiger partial charge in [-0.25, -0.2) is 0 Å². The summed E-state index contributed by atoms with van der Waals surface area (Å²) in [6, 6.07) is 6.54. The van der Waals surface area contributed by atoms with Gasteiger partial charge in [0, 0.05) is 0 Å². The maximum Gasteiger partial charge on any atom is 0.261 e. The number of carbonyl (C=O) groups is 1. The molecule has 2 aromatic rings. The van der Waals surface area contributed by atoms with Crippen LogP contribution in [0.3, 0.4) is 0 Å². The standard InChI is InChI=1S/C16H18N2O4/c1-16(9-19,10-4-5-10)18-15(21)11-6-7-12(17-14(11)20)13-3-2-8-22-13/h2-3,6-8,10,19H,4-5,9H2,1H3,(H,17,20)(H,18,21). The molecular formula is C16H18N2O4. The number of rotatable bonds is 5. The highest BCUT2D eigenvalue weighted by Gasteiger charge is 2.42. The van der Waals surface area contributed by atoms with E-state index in [9.17, 15) is 14.7 Å². The Morgan fingerprint density at radius 3 is 2.77 bits per heavy atom. The molecule has 0 bridgehead atoms. The summed E-state index contributed by atoms with van der Waals surface area (Å²) in [4.78, 5) is 27.1. The molecule has 1 unspecified atom stereocenters. The third-order valence-electron chi connectivity index (χ3n) is 4.15. The van der Waals surface area contributed by atoms with Gasteiger partial charge in [-0.05, 0) is 49.9 Å². The molecule has 2 heterocycles. The normalized spacial score (nSPS) is 17.0. The van der Waals surface area contributed by atoms with Crippen LogP contribution in [0.15, 0.2) is 39.7 Å². The number of furan rings is 1. The molecule has 1 atom stereocenters. The Kier molecular flexibility index (Phi) is 3.62. The van der Waals surface area contributed by atoms with E-state index in [0.29, 0.717) is 11.5 Å². The highest BCUT2D eigenvalue weighted by Crippen LogP contribution is 2.39. The quantitative estimate of drug-likeness (QED) is 0.780. The van der Waals surface area contributed by atoms with Crippen LogP contribution in [0.25, 0.3) is 11.5 Å². The molecule has 1 aliphatic rings. The number of aromatic amines is 1. The van der Waals surface area contributed by atoms with Crippen molar-refractivity contribution in [1.82, 2.24) is 10.3 Å². The Labute approximate surface area is 127 Å². The Bertz CT molecular complexity index is 731. The molecule has 3 rings (SSSR count). The van der Waals surface area contributed by atoms with Crippen LogP contribution in [0.5, 0.6) is 0 Å². The molecule has 1 amide bonds. The first-order valence-electron chi connectivity index (χ1n) is 7.24. The van der Waals surface area contributed by atoms with Gasteiger partial charge in [-0.15, -0.1) is 0 Å². The molecule has 2 aromatic heterocycles. The fourth-order valence-electron chi connectivity index (χ4n) is 2.55. The van der Waals surface area contributed by atoms with E-state index in [1.54, 1.807) is 25.1 Å². The molecule has 0 spiro atoms. The molecule has 0 saturated heterocycles. The van der Waals surface area contributed by atoms with Gasteiger partial charge in [0.1, 0.15) is 11.3 Å². The zero-order chi connectivity index (χ0) is 15.7. The smallest absolute Gasteiger partial charge is 0.261 e. The van der Waals surface area contributed by atoms with Crippen molar-refractivity contribution >= 4 is 5.91 Å². The summed E-state index contributed by atoms with van der Waals surface area (Å²) >= 11 is 0. The van der Waals surface area contributed by atoms with Gasteiger partial charge in [-0.3, -0.25) is 9.59 Å². The number of aromatic nitrogens is 1. The van der Waals surface area contributed by atoms with Crippen molar-refractivity contribution < 1.29 is 14.3 Å². The van der Waals surface area contributed by atoms with Crippen LogP contribution in [-0.2, 0) is 0 Å². The third-order valence-corrected chi connectivity index (χ3v) is 4.15. The number of hydrogen-bond acceptors (Lipinski definition) is 4. The number of H-pyrrole nitrogens is 1. The van der Waals surface area contributed by atoms with Crippen molar-refractivity contribution in [2.24, 2.45) is 5.92 Å². The second kappa shape index (κ2) is 5.46. The predicted octanol–water partition coefficient (Wildman–Crippen LogP) is 1.53. The maximum absolute atomic E-state index is 12.3. The Hall–Kier alpha value is -2.34. The van der Waals surface area contributed by atoms with Crippen molar-refractivity contribution in [3.8, 4) is 11.5 Å². The zero-order valence-electron chi connectivity index (χ0n) is 12.3. The monoisotopic (exact) mass is 302 g/mol. The molecule has 22 heavy (non-hydrogen) atoms. The minimum Gasteiger partial charge on any atom is -0.463 e. The summed E-state index contributed by atoms with van der Waals surface area (Å²) < 4.78 is 5.21. The van der Waals surface area contributed by atoms with Crippen LogP contribution in [0, 0.1) is 5.92 Å². The lowest BCUT2D eigenvalue weighted by Crippen LogP contribution is -2.51. The Morgan fingerprint density at radius 2 is 2.23 bits per heavy atom. The number of hydrogen-bond donors (Lipinski definition) is 3. The molecule has 0 radical (unpaired) electrons. The van der Waals surface area contributed by atoms with Crippen LogP contribution >= 0.6 is 0 Å². The number of amides is 1. The van der Waals surface area contributed by atoms with Crippen molar-refractivity contribution in [2.45, 2.75) is 25.3 Å². The Morgan fingerprint density at radius 1 is 1.45 bits per heavy atom. The van der Waals surface area contributed by atoms with Gasteiger partial charge in [0.15, 0.2) is 0 Å². The molecule has 1 saturated carbocycles. The molecular weight excluding hydrogens is 284 g/mol. The second-order valence-corrected chi connectivity index (χ2v) is 5.90. The zero-order valence-corrected chi connectivity index (χ0v) is 12.3. The molecule has 0 aliphatic heterocycles. The van der Waals surface area contributed by atoms with E-state index in [0.717, 1.165) is 12.8 Å². The Balaban J connectivity index is 1.83. The number of nitrogens with one attached hydrogen (secondary N) is 2. The molecule has 1 aliphatic carbocycles. The average molecular weight is 302 g/mol. The highest BCUT2D eigenvalue weighted by atomic mass is 16.3. The number of pyridine rings is 1. The fourth-order valence-corrected chi connectivity index (χ4v) is 2.55. The van der Waals surface area contributed by atoms with Crippen molar-refractivity contribution in [3.05, 3.63) is 46.4 Å². The number of carbonyl (C=O) groups excluding carboxylic acids is 1. The van der Waals surface area contributed by atoms with E-state index in [1.807, 2.05) is 0 Å². The molecule has 6 heteroatoms. The van der Waals surface area contributed by atoms with Gasteiger partial charge >= 0.3 is 0 Å². The summed E-state index contributed by atoms with van der Waals surface area (Å²) in [7, 11) is 0. The molecule has 3 N–H and O–H groups in total. The second-order valence-electron chi connectivity index (χ2n) is 5.90. The van der Waals surface area contributed by atoms with Gasteiger partial charge in [0.05, 0.1) is 24.1 Å². The van der Waals surface area contributed by atoms with E-state index in [4.69, 9.17) is 4.42 Å². The fraction of sp³-hybridized carbons (Fsp3) is 0.375. The van der Waals surface area contributed by atoms with E-state index in [2.05, 4.69) is 10.3 Å². The highest BCUT2D eigenvalue weighted by molar-refractivity contribution is 5.94. The topological polar surface area (TPSA) is 95.3 Å². The molecule has 6 nitrogen and oxygen atoms in total. The van der Waals surface area contributed by atoms with E-state index in [-0.39, 0.29) is 18.1 Å².